The van der Waals surface area contributed by atoms with Gasteiger partial charge in [-0.3, -0.25) is 22.8 Å². The van der Waals surface area contributed by atoms with Crippen LogP contribution in [0.4, 0.5) is 69.8 Å². The second kappa shape index (κ2) is 21.1. The molecule has 4 heterocycles. The van der Waals surface area contributed by atoms with E-state index >= 15 is 0 Å². The van der Waals surface area contributed by atoms with Gasteiger partial charge in [0.1, 0.15) is 32.1 Å². The van der Waals surface area contributed by atoms with Crippen molar-refractivity contribution in [3.05, 3.63) is 93.6 Å². The molecule has 0 spiro atoms. The van der Waals surface area contributed by atoms with Crippen LogP contribution in [0.1, 0.15) is 0 Å². The number of aliphatic hydroxyl groups excluding tert-OH is 1. The van der Waals surface area contributed by atoms with Crippen LogP contribution in [0.25, 0.3) is 0 Å². The fraction of sp³-hybridized carbons (Fsp3) is 0.100. The standard InChI is InChI=1S/C40H32Cl2N14O18S5/c41-25-28-32(74-30-22(48-28)10-12-24(34(30)79(70,71)72)50-40-54-36(44-14-16-75(58,59)60)52-38(56-40)46-18-3-7-20(8-4-18)77(64,65)66)26(42)27-31(25)73-29-21(47-27)9-11-23(33(29)78(67,68)69)49-39-53-35(43-13-15-57)51-37(55-39)45-17-1-5-19(6-2-17)76(61,62)63/h1-12,57H,13-16H2,(H,58,59,60)(H,61,62,63)(H,64,65,66)(H,67,68,69)(H,70,71,72)(H3,43,45,49,51,53,55)(H3,44,46,50,52,54,56). The summed E-state index contributed by atoms with van der Waals surface area (Å²) in [7, 11) is -24.2. The smallest absolute Gasteiger partial charge is 0.300 e. The van der Waals surface area contributed by atoms with E-state index in [9.17, 15) is 70.0 Å². The van der Waals surface area contributed by atoms with E-state index in [4.69, 9.17) is 32.7 Å². The molecule has 5 aromatic carbocycles. The minimum absolute atomic E-state index is 0.0644. The van der Waals surface area contributed by atoms with Crippen molar-refractivity contribution in [3.63, 3.8) is 0 Å². The second-order valence-corrected chi connectivity index (χ2v) is 23.8. The number of aromatic nitrogens is 6. The Labute approximate surface area is 453 Å². The molecule has 0 saturated heterocycles. The molecule has 9 rings (SSSR count). The molecule has 0 amide bonds. The lowest BCUT2D eigenvalue weighted by Crippen LogP contribution is -2.23. The summed E-state index contributed by atoms with van der Waals surface area (Å²) in [5.74, 6) is -4.90. The topological polar surface area (TPSA) is 485 Å². The highest BCUT2D eigenvalue weighted by Crippen LogP contribution is 2.49. The highest BCUT2D eigenvalue weighted by molar-refractivity contribution is 7.87. The molecule has 7 aromatic rings. The number of aliphatic hydroxyl groups is 1. The number of nitrogens with zero attached hydrogens (tertiary/aromatic N) is 8. The monoisotopic (exact) mass is 1230 g/mol. The van der Waals surface area contributed by atoms with Crippen molar-refractivity contribution in [2.24, 2.45) is 9.98 Å². The summed E-state index contributed by atoms with van der Waals surface area (Å²) in [6.07, 6.45) is 0. The van der Waals surface area contributed by atoms with Gasteiger partial charge in [-0.1, -0.05) is 23.2 Å². The van der Waals surface area contributed by atoms with Gasteiger partial charge in [0, 0.05) is 24.5 Å². The summed E-state index contributed by atoms with van der Waals surface area (Å²) in [5, 5.41) is 23.9. The number of anilines is 10. The summed E-state index contributed by atoms with van der Waals surface area (Å²) < 4.78 is 183. The van der Waals surface area contributed by atoms with Crippen molar-refractivity contribution in [1.82, 2.24) is 29.9 Å². The Balaban J connectivity index is 1.07. The van der Waals surface area contributed by atoms with Gasteiger partial charge in [-0.15, -0.1) is 0 Å². The molecular formula is C40H32Cl2N14O18S5. The number of benzene rings is 5. The van der Waals surface area contributed by atoms with Crippen LogP contribution in [0.5, 0.6) is 23.0 Å². The molecule has 39 heteroatoms. The zero-order valence-corrected chi connectivity index (χ0v) is 44.3. The Morgan fingerprint density at radius 1 is 0.430 bits per heavy atom. The van der Waals surface area contributed by atoms with Crippen LogP contribution in [-0.4, -0.2) is 125 Å². The molecule has 32 nitrogen and oxygen atoms in total. The number of rotatable bonds is 19. The van der Waals surface area contributed by atoms with E-state index in [0.29, 0.717) is 0 Å². The summed E-state index contributed by atoms with van der Waals surface area (Å²) in [4.78, 5) is 31.0. The lowest BCUT2D eigenvalue weighted by atomic mass is 10.2. The van der Waals surface area contributed by atoms with E-state index in [2.05, 4.69) is 71.8 Å². The number of fused-ring (bicyclic) bond motifs is 4. The number of halogens is 2. The van der Waals surface area contributed by atoms with E-state index < -0.39 is 133 Å². The SMILES string of the molecule is O=S(=O)(O)CCNc1nc(Nc2ccc(S(=O)(=O)O)cc2)nc(Nc2ccc3c(c2S(=O)(=O)O)Oc2c(Cl)c4c(c(Cl)c2=N3)Oc2c(ccc(Nc3nc(NCCO)nc(Nc5ccc(S(=O)(=O)O)cc5)n3)c2S(=O)(=O)O)N=4)n1. The van der Waals surface area contributed by atoms with Crippen LogP contribution in [0.15, 0.2) is 102 Å². The molecule has 0 atom stereocenters. The molecule has 2 aromatic heterocycles. The number of hydrogen-bond donors (Lipinski definition) is 12. The largest absolute Gasteiger partial charge is 0.450 e. The van der Waals surface area contributed by atoms with Crippen molar-refractivity contribution in [3.8, 4) is 23.0 Å². The maximum Gasteiger partial charge on any atom is 0.300 e. The lowest BCUT2D eigenvalue weighted by Gasteiger charge is -2.24. The van der Waals surface area contributed by atoms with E-state index in [0.717, 1.165) is 36.4 Å². The zero-order valence-electron chi connectivity index (χ0n) is 38.7. The first-order valence-corrected chi connectivity index (χ1v) is 29.6. The summed E-state index contributed by atoms with van der Waals surface area (Å²) >= 11 is 13.7. The minimum Gasteiger partial charge on any atom is -0.450 e. The maximum atomic E-state index is 13.3. The number of hydrogen-bond acceptors (Lipinski definition) is 27. The molecule has 0 unspecified atom stereocenters. The van der Waals surface area contributed by atoms with Crippen LogP contribution in [0.2, 0.25) is 10.0 Å². The Bertz CT molecular complexity index is 4410. The highest BCUT2D eigenvalue weighted by atomic mass is 35.5. The first-order chi connectivity index (χ1) is 37.0. The van der Waals surface area contributed by atoms with Crippen LogP contribution < -0.4 is 52.1 Å². The first kappa shape index (κ1) is 55.9. The van der Waals surface area contributed by atoms with Gasteiger partial charge in [0.05, 0.1) is 33.5 Å². The molecule has 2 aliphatic rings. The Morgan fingerprint density at radius 2 is 0.785 bits per heavy atom. The third-order valence-electron chi connectivity index (χ3n) is 10.4. The summed E-state index contributed by atoms with van der Waals surface area (Å²) in [5.41, 5.74) is -1.11. The first-order valence-electron chi connectivity index (χ1n) is 21.4. The van der Waals surface area contributed by atoms with Crippen LogP contribution in [0.3, 0.4) is 0 Å². The van der Waals surface area contributed by atoms with Crippen LogP contribution in [0, 0.1) is 0 Å². The van der Waals surface area contributed by atoms with Crippen molar-refractivity contribution in [2.75, 3.05) is 57.3 Å². The van der Waals surface area contributed by atoms with Crippen LogP contribution >= 0.6 is 23.2 Å². The second-order valence-electron chi connectivity index (χ2n) is 15.9. The van der Waals surface area contributed by atoms with Crippen molar-refractivity contribution in [2.45, 2.75) is 19.6 Å². The average Bonchev–Trinajstić information content (AvgIpc) is 3.47. The Kier molecular flexibility index (Phi) is 15.0. The minimum atomic E-state index is -5.35. The number of nitrogens with one attached hydrogen (secondary N) is 6. The van der Waals surface area contributed by atoms with Gasteiger partial charge in [-0.2, -0.15) is 72.0 Å². The Hall–Kier alpha value is -7.79. The molecule has 0 saturated carbocycles. The van der Waals surface area contributed by atoms with E-state index in [-0.39, 0.29) is 76.4 Å². The molecule has 0 bridgehead atoms. The van der Waals surface area contributed by atoms with Gasteiger partial charge in [-0.05, 0) is 72.8 Å². The molecule has 414 valence electrons. The molecule has 0 radical (unpaired) electrons. The molecule has 0 fully saturated rings. The van der Waals surface area contributed by atoms with Gasteiger partial charge in [0.25, 0.3) is 50.6 Å². The van der Waals surface area contributed by atoms with Crippen molar-refractivity contribution >= 4 is 144 Å². The maximum absolute atomic E-state index is 13.3. The van der Waals surface area contributed by atoms with Gasteiger partial charge in [-0.25, -0.2) is 9.98 Å². The third-order valence-corrected chi connectivity index (χ3v) is 15.4. The third kappa shape index (κ3) is 12.6. The normalized spacial score (nSPS) is 12.9. The van der Waals surface area contributed by atoms with Gasteiger partial charge in [0.15, 0.2) is 32.8 Å². The van der Waals surface area contributed by atoms with E-state index in [1.54, 1.807) is 0 Å². The molecule has 79 heavy (non-hydrogen) atoms. The fourth-order valence-electron chi connectivity index (χ4n) is 7.15. The van der Waals surface area contributed by atoms with Crippen molar-refractivity contribution in [1.29, 1.82) is 0 Å². The lowest BCUT2D eigenvalue weighted by molar-refractivity contribution is 0.310. The number of ether oxygens (including phenoxy) is 2. The molecule has 0 aliphatic carbocycles. The average molecular weight is 1230 g/mol. The quantitative estimate of drug-likeness (QED) is 0.0506. The molecular weight excluding hydrogens is 1200 g/mol. The molecule has 2 aliphatic heterocycles. The predicted molar refractivity (Wildman–Crippen MR) is 277 cm³/mol. The zero-order chi connectivity index (χ0) is 57.0. The van der Waals surface area contributed by atoms with E-state index in [1.807, 2.05) is 0 Å². The van der Waals surface area contributed by atoms with Gasteiger partial charge >= 0.3 is 0 Å². The van der Waals surface area contributed by atoms with Crippen LogP contribution in [-0.2, 0) is 50.6 Å². The molecule has 12 N–H and O–H groups in total. The van der Waals surface area contributed by atoms with E-state index in [1.165, 1.54) is 36.4 Å². The summed E-state index contributed by atoms with van der Waals surface area (Å²) in [6.45, 7) is -0.891. The fourth-order valence-corrected chi connectivity index (χ4v) is 10.5. The van der Waals surface area contributed by atoms with Gasteiger partial charge in [0.2, 0.25) is 35.7 Å². The highest BCUT2D eigenvalue weighted by Gasteiger charge is 2.35. The predicted octanol–water partition coefficient (Wildman–Crippen LogP) is 4.14. The van der Waals surface area contributed by atoms with Crippen molar-refractivity contribution < 1.29 is 79.4 Å². The van der Waals surface area contributed by atoms with Gasteiger partial charge < -0.3 is 46.5 Å². The summed E-state index contributed by atoms with van der Waals surface area (Å²) in [6, 6.07) is 13.9. The Morgan fingerprint density at radius 3 is 1.13 bits per heavy atom.